The third kappa shape index (κ3) is 6.50. The number of hydrogen-bond acceptors (Lipinski definition) is 4. The van der Waals surface area contributed by atoms with Crippen molar-refractivity contribution in [1.29, 1.82) is 0 Å². The fraction of sp³-hybridized carbons (Fsp3) is 0.406. The molecule has 1 aliphatic heterocycles. The number of Topliss-reactive ketones (excluding diaryl/α,β-unsaturated/α-hetero) is 1. The highest BCUT2D eigenvalue weighted by molar-refractivity contribution is 5.96. The van der Waals surface area contributed by atoms with E-state index < -0.39 is 5.79 Å². The van der Waals surface area contributed by atoms with Gasteiger partial charge in [0.15, 0.2) is 5.78 Å². The van der Waals surface area contributed by atoms with E-state index in [4.69, 9.17) is 4.74 Å². The van der Waals surface area contributed by atoms with E-state index in [0.717, 1.165) is 55.6 Å². The van der Waals surface area contributed by atoms with Crippen molar-refractivity contribution in [3.05, 3.63) is 107 Å². The van der Waals surface area contributed by atoms with Crippen molar-refractivity contribution in [3.8, 4) is 0 Å². The largest absolute Gasteiger partial charge is 0.358 e. The van der Waals surface area contributed by atoms with E-state index in [9.17, 15) is 9.90 Å². The maximum atomic E-state index is 12.7. The molecule has 0 unspecified atom stereocenters. The molecule has 1 aliphatic rings. The maximum absolute atomic E-state index is 12.7. The molecular formula is C32H39NO3. The molecule has 4 rings (SSSR count). The molecule has 1 fully saturated rings. The Morgan fingerprint density at radius 3 is 1.86 bits per heavy atom. The number of hydrogen-bond donors (Lipinski definition) is 1. The number of benzene rings is 3. The van der Waals surface area contributed by atoms with Crippen LogP contribution >= 0.6 is 0 Å². The quantitative estimate of drug-likeness (QED) is 0.285. The fourth-order valence-corrected chi connectivity index (χ4v) is 4.89. The van der Waals surface area contributed by atoms with Gasteiger partial charge < -0.3 is 14.7 Å². The Kier molecular flexibility index (Phi) is 8.40. The second-order valence-corrected chi connectivity index (χ2v) is 10.9. The Balaban J connectivity index is 1.27. The van der Waals surface area contributed by atoms with Gasteiger partial charge in [0.25, 0.3) is 0 Å². The average Bonchev–Trinajstić information content (AvgIpc) is 2.90. The first-order valence-electron chi connectivity index (χ1n) is 13.1. The van der Waals surface area contributed by atoms with Gasteiger partial charge in [0, 0.05) is 36.2 Å². The molecule has 3 aromatic rings. The van der Waals surface area contributed by atoms with Crippen LogP contribution in [-0.2, 0) is 15.9 Å². The van der Waals surface area contributed by atoms with Gasteiger partial charge in [0.05, 0.1) is 6.10 Å². The zero-order chi connectivity index (χ0) is 25.6. The third-order valence-electron chi connectivity index (χ3n) is 7.15. The summed E-state index contributed by atoms with van der Waals surface area (Å²) in [5, 5.41) is 11.7. The number of aliphatic hydroxyl groups is 1. The van der Waals surface area contributed by atoms with Crippen molar-refractivity contribution in [1.82, 2.24) is 4.90 Å². The molecule has 190 valence electrons. The van der Waals surface area contributed by atoms with Crippen molar-refractivity contribution in [2.24, 2.45) is 0 Å². The summed E-state index contributed by atoms with van der Waals surface area (Å²) >= 11 is 0. The molecule has 0 radical (unpaired) electrons. The molecular weight excluding hydrogens is 446 g/mol. The van der Waals surface area contributed by atoms with E-state index in [1.807, 2.05) is 72.8 Å². The lowest BCUT2D eigenvalue weighted by atomic mass is 9.86. The van der Waals surface area contributed by atoms with Gasteiger partial charge in [0.1, 0.15) is 0 Å². The van der Waals surface area contributed by atoms with E-state index in [2.05, 4.69) is 37.8 Å². The Morgan fingerprint density at radius 2 is 1.36 bits per heavy atom. The molecule has 0 aromatic heterocycles. The van der Waals surface area contributed by atoms with Gasteiger partial charge in [0.2, 0.25) is 5.79 Å². The van der Waals surface area contributed by atoms with Crippen molar-refractivity contribution in [2.45, 2.75) is 63.8 Å². The molecule has 36 heavy (non-hydrogen) atoms. The summed E-state index contributed by atoms with van der Waals surface area (Å²) in [5.74, 6) is -1.26. The highest BCUT2D eigenvalue weighted by atomic mass is 16.6. The van der Waals surface area contributed by atoms with Crippen LogP contribution in [0.3, 0.4) is 0 Å². The number of ketones is 1. The monoisotopic (exact) mass is 485 g/mol. The zero-order valence-electron chi connectivity index (χ0n) is 21.8. The lowest BCUT2D eigenvalue weighted by Crippen LogP contribution is -2.42. The third-order valence-corrected chi connectivity index (χ3v) is 7.15. The SMILES string of the molecule is CC(C)(C)c1ccc(C(=O)CCCN2CCC(OC(O)(c3ccccc3)c3ccccc3)CC2)cc1. The number of carbonyl (C=O) groups excluding carboxylic acids is 1. The number of ether oxygens (including phenoxy) is 1. The predicted octanol–water partition coefficient (Wildman–Crippen LogP) is 6.32. The Labute approximate surface area is 215 Å². The van der Waals surface area contributed by atoms with Gasteiger partial charge in [-0.3, -0.25) is 4.79 Å². The minimum absolute atomic E-state index is 0.0328. The minimum Gasteiger partial charge on any atom is -0.358 e. The summed E-state index contributed by atoms with van der Waals surface area (Å²) in [6.45, 7) is 9.25. The minimum atomic E-state index is -1.47. The van der Waals surface area contributed by atoms with Crippen LogP contribution in [0.1, 0.15) is 73.5 Å². The number of likely N-dealkylation sites (tertiary alicyclic amines) is 1. The molecule has 1 saturated heterocycles. The van der Waals surface area contributed by atoms with Crippen molar-refractivity contribution in [3.63, 3.8) is 0 Å². The van der Waals surface area contributed by atoms with Crippen LogP contribution in [0.15, 0.2) is 84.9 Å². The van der Waals surface area contributed by atoms with Gasteiger partial charge in [-0.05, 0) is 36.8 Å². The normalized spacial score (nSPS) is 15.7. The molecule has 0 saturated carbocycles. The first-order chi connectivity index (χ1) is 17.3. The van der Waals surface area contributed by atoms with E-state index in [1.54, 1.807) is 0 Å². The second-order valence-electron chi connectivity index (χ2n) is 10.9. The summed E-state index contributed by atoms with van der Waals surface area (Å²) in [7, 11) is 0. The highest BCUT2D eigenvalue weighted by Gasteiger charge is 2.36. The first kappa shape index (κ1) is 26.3. The smallest absolute Gasteiger partial charge is 0.220 e. The molecule has 1 N–H and O–H groups in total. The topological polar surface area (TPSA) is 49.8 Å². The number of nitrogens with zero attached hydrogens (tertiary/aromatic N) is 1. The Morgan fingerprint density at radius 1 is 0.833 bits per heavy atom. The van der Waals surface area contributed by atoms with E-state index >= 15 is 0 Å². The predicted molar refractivity (Wildman–Crippen MR) is 145 cm³/mol. The second kappa shape index (κ2) is 11.5. The molecule has 4 nitrogen and oxygen atoms in total. The zero-order valence-corrected chi connectivity index (χ0v) is 21.8. The van der Waals surface area contributed by atoms with Crippen LogP contribution in [0, 0.1) is 0 Å². The summed E-state index contributed by atoms with van der Waals surface area (Å²) in [5.41, 5.74) is 3.63. The summed E-state index contributed by atoms with van der Waals surface area (Å²) < 4.78 is 6.41. The van der Waals surface area contributed by atoms with Crippen LogP contribution in [-0.4, -0.2) is 41.5 Å². The van der Waals surface area contributed by atoms with Crippen LogP contribution in [0.4, 0.5) is 0 Å². The summed E-state index contributed by atoms with van der Waals surface area (Å²) in [6.07, 6.45) is 3.08. The number of carbonyl (C=O) groups is 1. The lowest BCUT2D eigenvalue weighted by Gasteiger charge is -2.38. The van der Waals surface area contributed by atoms with Gasteiger partial charge in [-0.25, -0.2) is 0 Å². The molecule has 1 heterocycles. The average molecular weight is 486 g/mol. The van der Waals surface area contributed by atoms with Crippen LogP contribution < -0.4 is 0 Å². The van der Waals surface area contributed by atoms with E-state index in [0.29, 0.717) is 6.42 Å². The van der Waals surface area contributed by atoms with Crippen molar-refractivity contribution < 1.29 is 14.6 Å². The molecule has 0 bridgehead atoms. The lowest BCUT2D eigenvalue weighted by molar-refractivity contribution is -0.218. The van der Waals surface area contributed by atoms with Gasteiger partial charge in [-0.1, -0.05) is 106 Å². The van der Waals surface area contributed by atoms with E-state index in [-0.39, 0.29) is 17.3 Å². The van der Waals surface area contributed by atoms with Gasteiger partial charge in [-0.2, -0.15) is 0 Å². The maximum Gasteiger partial charge on any atom is 0.220 e. The van der Waals surface area contributed by atoms with E-state index in [1.165, 1.54) is 5.56 Å². The fourth-order valence-electron chi connectivity index (χ4n) is 4.89. The molecule has 4 heteroatoms. The number of piperidine rings is 1. The summed E-state index contributed by atoms with van der Waals surface area (Å²) in [6, 6.07) is 27.3. The van der Waals surface area contributed by atoms with Gasteiger partial charge in [-0.15, -0.1) is 0 Å². The Bertz CT molecular complexity index is 1060. The van der Waals surface area contributed by atoms with Crippen LogP contribution in [0.25, 0.3) is 0 Å². The standard InChI is InChI=1S/C32H39NO3/c1-31(2,3)26-18-16-25(17-19-26)30(34)15-10-22-33-23-20-29(21-24-33)36-32(35,27-11-6-4-7-12-27)28-13-8-5-9-14-28/h4-9,11-14,16-19,29,35H,10,15,20-24H2,1-3H3. The van der Waals surface area contributed by atoms with Gasteiger partial charge >= 0.3 is 0 Å². The molecule has 0 amide bonds. The highest BCUT2D eigenvalue weighted by Crippen LogP contribution is 2.34. The molecule has 0 aliphatic carbocycles. The van der Waals surface area contributed by atoms with Crippen molar-refractivity contribution >= 4 is 5.78 Å². The number of rotatable bonds is 9. The van der Waals surface area contributed by atoms with Crippen LogP contribution in [0.2, 0.25) is 0 Å². The molecule has 3 aromatic carbocycles. The van der Waals surface area contributed by atoms with Crippen molar-refractivity contribution in [2.75, 3.05) is 19.6 Å². The molecule has 0 spiro atoms. The summed E-state index contributed by atoms with van der Waals surface area (Å²) in [4.78, 5) is 15.1. The molecule has 0 atom stereocenters. The first-order valence-corrected chi connectivity index (χ1v) is 13.1. The van der Waals surface area contributed by atoms with Crippen LogP contribution in [0.5, 0.6) is 0 Å². The Hall–Kier alpha value is -2.79.